The van der Waals surface area contributed by atoms with Crippen LogP contribution >= 0.6 is 0 Å². The lowest BCUT2D eigenvalue weighted by molar-refractivity contribution is 0.579. The Kier molecular flexibility index (Phi) is 3.17. The van der Waals surface area contributed by atoms with Crippen molar-refractivity contribution in [1.82, 2.24) is 4.98 Å². The van der Waals surface area contributed by atoms with Crippen molar-refractivity contribution < 1.29 is 12.8 Å². The number of furan rings is 1. The second kappa shape index (κ2) is 4.63. The SMILES string of the molecule is CCS(=O)(=O)c1ccc(-c2ccco2)nc1C#N. The molecule has 6 heteroatoms. The highest BCUT2D eigenvalue weighted by Crippen LogP contribution is 2.22. The van der Waals surface area contributed by atoms with Crippen LogP contribution in [0, 0.1) is 11.3 Å². The molecule has 5 nitrogen and oxygen atoms in total. The largest absolute Gasteiger partial charge is 0.463 e. The van der Waals surface area contributed by atoms with Gasteiger partial charge in [-0.05, 0) is 24.3 Å². The number of sulfone groups is 1. The summed E-state index contributed by atoms with van der Waals surface area (Å²) in [5.74, 6) is 0.427. The summed E-state index contributed by atoms with van der Waals surface area (Å²) >= 11 is 0. The molecule has 0 aliphatic rings. The standard InChI is InChI=1S/C12H10N2O3S/c1-2-18(15,16)12-6-5-9(14-10(12)8-13)11-4-3-7-17-11/h3-7H,2H2,1H3. The predicted molar refractivity (Wildman–Crippen MR) is 64.4 cm³/mol. The van der Waals surface area contributed by atoms with Crippen LogP contribution in [0.2, 0.25) is 0 Å². The smallest absolute Gasteiger partial charge is 0.180 e. The molecule has 0 N–H and O–H groups in total. The third-order valence-electron chi connectivity index (χ3n) is 2.45. The van der Waals surface area contributed by atoms with Gasteiger partial charge < -0.3 is 4.42 Å². The first kappa shape index (κ1) is 12.3. The summed E-state index contributed by atoms with van der Waals surface area (Å²) in [5, 5.41) is 8.99. The van der Waals surface area contributed by atoms with Crippen LogP contribution < -0.4 is 0 Å². The fourth-order valence-electron chi connectivity index (χ4n) is 1.49. The van der Waals surface area contributed by atoms with Crippen LogP contribution in [0.4, 0.5) is 0 Å². The summed E-state index contributed by atoms with van der Waals surface area (Å²) in [5.41, 5.74) is 0.331. The lowest BCUT2D eigenvalue weighted by Gasteiger charge is -2.04. The van der Waals surface area contributed by atoms with Crippen LogP contribution in [0.5, 0.6) is 0 Å². The summed E-state index contributed by atoms with van der Waals surface area (Å²) in [7, 11) is -3.44. The Balaban J connectivity index is 2.59. The average molecular weight is 262 g/mol. The zero-order valence-corrected chi connectivity index (χ0v) is 10.4. The summed E-state index contributed by atoms with van der Waals surface area (Å²) in [4.78, 5) is 3.97. The molecule has 0 radical (unpaired) electrons. The Morgan fingerprint density at radius 2 is 2.17 bits per heavy atom. The molecule has 2 aromatic heterocycles. The third kappa shape index (κ3) is 2.13. The Labute approximate surface area is 105 Å². The van der Waals surface area contributed by atoms with E-state index in [-0.39, 0.29) is 16.3 Å². The fourth-order valence-corrected chi connectivity index (χ4v) is 2.47. The van der Waals surface area contributed by atoms with E-state index in [4.69, 9.17) is 9.68 Å². The van der Waals surface area contributed by atoms with Crippen molar-refractivity contribution in [2.45, 2.75) is 11.8 Å². The van der Waals surface area contributed by atoms with Gasteiger partial charge in [0.05, 0.1) is 12.0 Å². The first-order valence-corrected chi connectivity index (χ1v) is 6.91. The van der Waals surface area contributed by atoms with Gasteiger partial charge in [0.1, 0.15) is 16.7 Å². The topological polar surface area (TPSA) is 84.0 Å². The van der Waals surface area contributed by atoms with E-state index >= 15 is 0 Å². The number of hydrogen-bond donors (Lipinski definition) is 0. The molecule has 0 unspecified atom stereocenters. The first-order valence-electron chi connectivity index (χ1n) is 5.26. The second-order valence-electron chi connectivity index (χ2n) is 3.54. The third-order valence-corrected chi connectivity index (χ3v) is 4.21. The van der Waals surface area contributed by atoms with E-state index in [1.165, 1.54) is 25.3 Å². The lowest BCUT2D eigenvalue weighted by Crippen LogP contribution is -2.07. The molecule has 0 bridgehead atoms. The molecule has 0 amide bonds. The van der Waals surface area contributed by atoms with Gasteiger partial charge in [0.2, 0.25) is 0 Å². The molecular weight excluding hydrogens is 252 g/mol. The molecule has 0 aromatic carbocycles. The maximum atomic E-state index is 11.8. The Bertz CT molecular complexity index is 697. The van der Waals surface area contributed by atoms with Crippen molar-refractivity contribution in [2.75, 3.05) is 5.75 Å². The number of aromatic nitrogens is 1. The van der Waals surface area contributed by atoms with Crippen molar-refractivity contribution in [1.29, 1.82) is 5.26 Å². The van der Waals surface area contributed by atoms with Crippen molar-refractivity contribution in [3.05, 3.63) is 36.2 Å². The van der Waals surface area contributed by atoms with Gasteiger partial charge >= 0.3 is 0 Å². The van der Waals surface area contributed by atoms with Crippen molar-refractivity contribution in [3.63, 3.8) is 0 Å². The molecule has 2 aromatic rings. The summed E-state index contributed by atoms with van der Waals surface area (Å²) in [6.45, 7) is 1.52. The van der Waals surface area contributed by atoms with E-state index in [0.29, 0.717) is 11.5 Å². The molecule has 0 aliphatic carbocycles. The van der Waals surface area contributed by atoms with Crippen LogP contribution in [0.1, 0.15) is 12.6 Å². The highest BCUT2D eigenvalue weighted by molar-refractivity contribution is 7.91. The van der Waals surface area contributed by atoms with Gasteiger partial charge in [0.15, 0.2) is 21.3 Å². The van der Waals surface area contributed by atoms with E-state index in [9.17, 15) is 8.42 Å². The summed E-state index contributed by atoms with van der Waals surface area (Å²) in [6.07, 6.45) is 1.49. The predicted octanol–water partition coefficient (Wildman–Crippen LogP) is 2.01. The van der Waals surface area contributed by atoms with E-state index in [2.05, 4.69) is 4.98 Å². The monoisotopic (exact) mass is 262 g/mol. The summed E-state index contributed by atoms with van der Waals surface area (Å²) in [6, 6.07) is 8.11. The molecular formula is C12H10N2O3S. The van der Waals surface area contributed by atoms with E-state index < -0.39 is 9.84 Å². The zero-order chi connectivity index (χ0) is 13.2. The number of nitrogens with zero attached hydrogens (tertiary/aromatic N) is 2. The van der Waals surface area contributed by atoms with Crippen molar-refractivity contribution >= 4 is 9.84 Å². The van der Waals surface area contributed by atoms with Gasteiger partial charge in [-0.2, -0.15) is 5.26 Å². The Morgan fingerprint density at radius 1 is 1.39 bits per heavy atom. The van der Waals surface area contributed by atoms with Gasteiger partial charge in [-0.25, -0.2) is 13.4 Å². The quantitative estimate of drug-likeness (QED) is 0.844. The fraction of sp³-hybridized carbons (Fsp3) is 0.167. The van der Waals surface area contributed by atoms with Gasteiger partial charge in [0, 0.05) is 0 Å². The zero-order valence-electron chi connectivity index (χ0n) is 9.62. The van der Waals surface area contributed by atoms with Gasteiger partial charge in [0.25, 0.3) is 0 Å². The van der Waals surface area contributed by atoms with Gasteiger partial charge in [-0.3, -0.25) is 0 Å². The second-order valence-corrected chi connectivity index (χ2v) is 5.78. The molecule has 2 heterocycles. The van der Waals surface area contributed by atoms with Crippen LogP contribution in [0.15, 0.2) is 39.8 Å². The minimum atomic E-state index is -3.44. The van der Waals surface area contributed by atoms with E-state index in [0.717, 1.165) is 0 Å². The number of rotatable bonds is 3. The van der Waals surface area contributed by atoms with E-state index in [1.54, 1.807) is 18.2 Å². The molecule has 2 rings (SSSR count). The van der Waals surface area contributed by atoms with Crippen molar-refractivity contribution in [3.8, 4) is 17.5 Å². The normalized spacial score (nSPS) is 11.1. The van der Waals surface area contributed by atoms with Crippen LogP contribution in [0.3, 0.4) is 0 Å². The van der Waals surface area contributed by atoms with Crippen LogP contribution in [-0.4, -0.2) is 19.2 Å². The molecule has 92 valence electrons. The minimum absolute atomic E-state index is 0.0391. The first-order chi connectivity index (χ1) is 8.58. The minimum Gasteiger partial charge on any atom is -0.463 e. The molecule has 0 saturated heterocycles. The van der Waals surface area contributed by atoms with Gasteiger partial charge in [-0.15, -0.1) is 0 Å². The Hall–Kier alpha value is -2.13. The lowest BCUT2D eigenvalue weighted by atomic mass is 10.2. The average Bonchev–Trinajstić information content (AvgIpc) is 2.91. The van der Waals surface area contributed by atoms with Crippen LogP contribution in [-0.2, 0) is 9.84 Å². The Morgan fingerprint density at radius 3 is 2.72 bits per heavy atom. The molecule has 0 fully saturated rings. The van der Waals surface area contributed by atoms with Crippen molar-refractivity contribution in [2.24, 2.45) is 0 Å². The molecule has 0 saturated carbocycles. The molecule has 0 atom stereocenters. The highest BCUT2D eigenvalue weighted by Gasteiger charge is 2.19. The number of pyridine rings is 1. The molecule has 0 spiro atoms. The summed E-state index contributed by atoms with van der Waals surface area (Å²) < 4.78 is 28.7. The maximum Gasteiger partial charge on any atom is 0.180 e. The van der Waals surface area contributed by atoms with Crippen LogP contribution in [0.25, 0.3) is 11.5 Å². The highest BCUT2D eigenvalue weighted by atomic mass is 32.2. The number of hydrogen-bond acceptors (Lipinski definition) is 5. The number of nitriles is 1. The maximum absolute atomic E-state index is 11.8. The molecule has 0 aliphatic heterocycles. The molecule has 18 heavy (non-hydrogen) atoms. The van der Waals surface area contributed by atoms with E-state index in [1.807, 2.05) is 0 Å². The van der Waals surface area contributed by atoms with Gasteiger partial charge in [-0.1, -0.05) is 6.92 Å².